The molecule has 0 aromatic carbocycles. The van der Waals surface area contributed by atoms with Gasteiger partial charge in [-0.05, 0) is 46.5 Å². The molecule has 0 saturated carbocycles. The Bertz CT molecular complexity index is 436. The first-order valence-corrected chi connectivity index (χ1v) is 6.20. The highest BCUT2D eigenvalue weighted by atomic mass is 32.1. The maximum absolute atomic E-state index is 11.7. The van der Waals surface area contributed by atoms with Gasteiger partial charge < -0.3 is 0 Å². The van der Waals surface area contributed by atoms with Crippen LogP contribution in [0.4, 0.5) is 0 Å². The lowest BCUT2D eigenvalue weighted by Gasteiger charge is -2.00. The Kier molecular flexibility index (Phi) is 3.83. The molecule has 0 unspecified atom stereocenters. The molecule has 2 nitrogen and oxygen atoms in total. The summed E-state index contributed by atoms with van der Waals surface area (Å²) in [4.78, 5) is 15.6. The quantitative estimate of drug-likeness (QED) is 0.792. The number of aryl methyl sites for hydroxylation is 1. The second-order valence-corrected chi connectivity index (χ2v) is 4.48. The van der Waals surface area contributed by atoms with Crippen molar-refractivity contribution in [2.45, 2.75) is 19.3 Å². The van der Waals surface area contributed by atoms with Gasteiger partial charge in [0, 0.05) is 25.2 Å². The maximum Gasteiger partial charge on any atom is 0.137 e. The molecule has 0 saturated heterocycles. The van der Waals surface area contributed by atoms with Crippen molar-refractivity contribution in [1.29, 1.82) is 0 Å². The van der Waals surface area contributed by atoms with Gasteiger partial charge in [-0.15, -0.1) is 0 Å². The van der Waals surface area contributed by atoms with Gasteiger partial charge in [-0.3, -0.25) is 9.78 Å². The Labute approximate surface area is 99.0 Å². The molecule has 0 aliphatic heterocycles. The first kappa shape index (κ1) is 11.0. The topological polar surface area (TPSA) is 30.0 Å². The van der Waals surface area contributed by atoms with Crippen LogP contribution < -0.4 is 0 Å². The van der Waals surface area contributed by atoms with Crippen LogP contribution in [0, 0.1) is 0 Å². The van der Waals surface area contributed by atoms with Crippen LogP contribution in [-0.4, -0.2) is 10.8 Å². The van der Waals surface area contributed by atoms with Gasteiger partial charge in [0.25, 0.3) is 0 Å². The summed E-state index contributed by atoms with van der Waals surface area (Å²) >= 11 is 1.68. The summed E-state index contributed by atoms with van der Waals surface area (Å²) in [6, 6.07) is 5.86. The number of carbonyl (C=O) groups is 1. The number of thiophene rings is 1. The highest BCUT2D eigenvalue weighted by molar-refractivity contribution is 7.07. The molecule has 0 aliphatic rings. The Hall–Kier alpha value is -1.48. The highest BCUT2D eigenvalue weighted by Crippen LogP contribution is 2.09. The number of hydrogen-bond acceptors (Lipinski definition) is 3. The molecule has 2 aromatic rings. The lowest BCUT2D eigenvalue weighted by atomic mass is 10.1. The normalized spacial score (nSPS) is 10.2. The molecule has 0 radical (unpaired) electrons. The number of nitrogens with zero attached hydrogens (tertiary/aromatic N) is 1. The minimum absolute atomic E-state index is 0.289. The van der Waals surface area contributed by atoms with E-state index in [0.717, 1.165) is 12.0 Å². The minimum atomic E-state index is 0.289. The van der Waals surface area contributed by atoms with Crippen molar-refractivity contribution in [2.24, 2.45) is 0 Å². The van der Waals surface area contributed by atoms with Gasteiger partial charge in [0.1, 0.15) is 5.78 Å². The first-order chi connectivity index (χ1) is 7.84. The summed E-state index contributed by atoms with van der Waals surface area (Å²) < 4.78 is 0. The molecular formula is C13H13NOS. The molecule has 0 N–H and O–H groups in total. The third-order valence-corrected chi connectivity index (χ3v) is 3.16. The summed E-state index contributed by atoms with van der Waals surface area (Å²) in [5, 5.41) is 4.14. The van der Waals surface area contributed by atoms with Crippen LogP contribution in [0.2, 0.25) is 0 Å². The van der Waals surface area contributed by atoms with E-state index in [2.05, 4.69) is 16.4 Å². The molecule has 2 heterocycles. The van der Waals surface area contributed by atoms with Crippen LogP contribution in [0.25, 0.3) is 0 Å². The average Bonchev–Trinajstić information content (AvgIpc) is 2.81. The minimum Gasteiger partial charge on any atom is -0.299 e. The lowest BCUT2D eigenvalue weighted by molar-refractivity contribution is -0.118. The first-order valence-electron chi connectivity index (χ1n) is 5.26. The van der Waals surface area contributed by atoms with Crippen LogP contribution in [-0.2, 0) is 17.6 Å². The van der Waals surface area contributed by atoms with Crippen LogP contribution in [0.1, 0.15) is 17.5 Å². The van der Waals surface area contributed by atoms with Gasteiger partial charge in [-0.1, -0.05) is 0 Å². The van der Waals surface area contributed by atoms with Crippen molar-refractivity contribution in [3.63, 3.8) is 0 Å². The van der Waals surface area contributed by atoms with E-state index in [-0.39, 0.29) is 5.78 Å². The fourth-order valence-corrected chi connectivity index (χ4v) is 2.24. The maximum atomic E-state index is 11.7. The Morgan fingerprint density at radius 2 is 2.00 bits per heavy atom. The zero-order valence-electron chi connectivity index (χ0n) is 8.93. The standard InChI is InChI=1S/C13H13NOS/c15-13(2-1-12-5-8-16-10-12)9-11-3-6-14-7-4-11/h3-8,10H,1-2,9H2. The number of ketones is 1. The van der Waals surface area contributed by atoms with Gasteiger partial charge in [0.05, 0.1) is 0 Å². The molecular weight excluding hydrogens is 218 g/mol. The number of aromatic nitrogens is 1. The molecule has 82 valence electrons. The number of pyridine rings is 1. The largest absolute Gasteiger partial charge is 0.299 e. The molecule has 0 spiro atoms. The van der Waals surface area contributed by atoms with Crippen LogP contribution in [0.5, 0.6) is 0 Å². The van der Waals surface area contributed by atoms with E-state index < -0.39 is 0 Å². The number of Topliss-reactive ketones (excluding diaryl/α,β-unsaturated/α-hetero) is 1. The van der Waals surface area contributed by atoms with Crippen molar-refractivity contribution in [3.8, 4) is 0 Å². The van der Waals surface area contributed by atoms with E-state index in [9.17, 15) is 4.79 Å². The molecule has 0 atom stereocenters. The van der Waals surface area contributed by atoms with Crippen LogP contribution in [0.3, 0.4) is 0 Å². The monoisotopic (exact) mass is 231 g/mol. The molecule has 0 fully saturated rings. The van der Waals surface area contributed by atoms with E-state index in [4.69, 9.17) is 0 Å². The van der Waals surface area contributed by atoms with Gasteiger partial charge in [0.15, 0.2) is 0 Å². The van der Waals surface area contributed by atoms with E-state index in [0.29, 0.717) is 12.8 Å². The van der Waals surface area contributed by atoms with Crippen molar-refractivity contribution >= 4 is 17.1 Å². The SMILES string of the molecule is O=C(CCc1ccsc1)Cc1ccncc1. The predicted octanol–water partition coefficient (Wildman–Crippen LogP) is 2.89. The Morgan fingerprint density at radius 3 is 2.69 bits per heavy atom. The van der Waals surface area contributed by atoms with Crippen molar-refractivity contribution in [2.75, 3.05) is 0 Å². The molecule has 16 heavy (non-hydrogen) atoms. The van der Waals surface area contributed by atoms with Crippen LogP contribution >= 0.6 is 11.3 Å². The lowest BCUT2D eigenvalue weighted by Crippen LogP contribution is -2.03. The van der Waals surface area contributed by atoms with E-state index in [1.807, 2.05) is 17.5 Å². The van der Waals surface area contributed by atoms with Gasteiger partial charge >= 0.3 is 0 Å². The Balaban J connectivity index is 1.81. The third kappa shape index (κ3) is 3.28. The average molecular weight is 231 g/mol. The van der Waals surface area contributed by atoms with E-state index in [1.54, 1.807) is 23.7 Å². The predicted molar refractivity (Wildman–Crippen MR) is 65.6 cm³/mol. The van der Waals surface area contributed by atoms with Crippen molar-refractivity contribution in [1.82, 2.24) is 4.98 Å². The van der Waals surface area contributed by atoms with Gasteiger partial charge in [-0.2, -0.15) is 11.3 Å². The summed E-state index contributed by atoms with van der Waals surface area (Å²) in [5.41, 5.74) is 2.30. The third-order valence-electron chi connectivity index (χ3n) is 2.42. The number of rotatable bonds is 5. The second kappa shape index (κ2) is 5.56. The zero-order chi connectivity index (χ0) is 11.2. The summed E-state index contributed by atoms with van der Waals surface area (Å²) in [7, 11) is 0. The zero-order valence-corrected chi connectivity index (χ0v) is 9.74. The van der Waals surface area contributed by atoms with E-state index >= 15 is 0 Å². The molecule has 2 aromatic heterocycles. The van der Waals surface area contributed by atoms with E-state index in [1.165, 1.54) is 5.56 Å². The second-order valence-electron chi connectivity index (χ2n) is 3.70. The smallest absolute Gasteiger partial charge is 0.137 e. The highest BCUT2D eigenvalue weighted by Gasteiger charge is 2.04. The molecule has 3 heteroatoms. The molecule has 0 bridgehead atoms. The summed E-state index contributed by atoms with van der Waals surface area (Å²) in [5.74, 6) is 0.289. The fourth-order valence-electron chi connectivity index (χ4n) is 1.54. The fraction of sp³-hybridized carbons (Fsp3) is 0.231. The van der Waals surface area contributed by atoms with Gasteiger partial charge in [0.2, 0.25) is 0 Å². The Morgan fingerprint density at radius 1 is 1.19 bits per heavy atom. The van der Waals surface area contributed by atoms with Gasteiger partial charge in [-0.25, -0.2) is 0 Å². The van der Waals surface area contributed by atoms with Crippen molar-refractivity contribution in [3.05, 3.63) is 52.5 Å². The van der Waals surface area contributed by atoms with Crippen LogP contribution in [0.15, 0.2) is 41.4 Å². The number of hydrogen-bond donors (Lipinski definition) is 0. The molecule has 2 rings (SSSR count). The van der Waals surface area contributed by atoms with Crippen molar-refractivity contribution < 1.29 is 4.79 Å². The summed E-state index contributed by atoms with van der Waals surface area (Å²) in [6.07, 6.45) is 5.45. The molecule has 0 amide bonds. The summed E-state index contributed by atoms with van der Waals surface area (Å²) in [6.45, 7) is 0. The number of carbonyl (C=O) groups excluding carboxylic acids is 1. The molecule has 0 aliphatic carbocycles.